The number of primary amides is 1. The van der Waals surface area contributed by atoms with E-state index >= 15 is 0 Å². The average molecular weight is 337 g/mol. The molecular weight excluding hydrogens is 314 g/mol. The topological polar surface area (TPSA) is 96.7 Å². The molecule has 0 saturated heterocycles. The van der Waals surface area contributed by atoms with Crippen molar-refractivity contribution in [1.29, 1.82) is 5.26 Å². The van der Waals surface area contributed by atoms with E-state index in [9.17, 15) is 10.1 Å². The third kappa shape index (κ3) is 3.66. The molecule has 25 heavy (non-hydrogen) atoms. The first-order valence-corrected chi connectivity index (χ1v) is 8.50. The van der Waals surface area contributed by atoms with Crippen LogP contribution in [0, 0.1) is 22.7 Å². The molecular formula is C19H23N5O. The van der Waals surface area contributed by atoms with Gasteiger partial charge < -0.3 is 11.1 Å². The van der Waals surface area contributed by atoms with Crippen molar-refractivity contribution in [2.45, 2.75) is 39.2 Å². The number of aromatic nitrogens is 2. The first-order chi connectivity index (χ1) is 11.9. The Hall–Kier alpha value is -2.81. The van der Waals surface area contributed by atoms with Crippen molar-refractivity contribution < 1.29 is 4.79 Å². The highest BCUT2D eigenvalue weighted by Gasteiger charge is 2.37. The molecule has 6 heteroatoms. The summed E-state index contributed by atoms with van der Waals surface area (Å²) in [4.78, 5) is 11.9. The van der Waals surface area contributed by atoms with Gasteiger partial charge >= 0.3 is 0 Å². The third-order valence-corrected chi connectivity index (χ3v) is 4.90. The van der Waals surface area contributed by atoms with Gasteiger partial charge in [0.2, 0.25) is 0 Å². The van der Waals surface area contributed by atoms with Gasteiger partial charge in [-0.2, -0.15) is 10.4 Å². The summed E-state index contributed by atoms with van der Waals surface area (Å²) < 4.78 is 1.75. The van der Waals surface area contributed by atoms with E-state index in [1.165, 1.54) is 0 Å². The van der Waals surface area contributed by atoms with E-state index in [-0.39, 0.29) is 17.4 Å². The molecule has 2 aromatic rings. The number of hydrogen-bond donors (Lipinski definition) is 2. The van der Waals surface area contributed by atoms with Crippen LogP contribution in [0.3, 0.4) is 0 Å². The second-order valence-corrected chi connectivity index (χ2v) is 7.44. The van der Waals surface area contributed by atoms with E-state index in [2.05, 4.69) is 30.3 Å². The van der Waals surface area contributed by atoms with Crippen LogP contribution in [0.2, 0.25) is 0 Å². The Morgan fingerprint density at radius 3 is 2.76 bits per heavy atom. The Balaban J connectivity index is 1.95. The molecule has 0 radical (unpaired) electrons. The molecule has 0 spiro atoms. The zero-order chi connectivity index (χ0) is 18.0. The minimum absolute atomic E-state index is 0.0572. The lowest BCUT2D eigenvalue weighted by molar-refractivity contribution is 0.100. The molecule has 0 aliphatic heterocycles. The lowest BCUT2D eigenvalue weighted by Gasteiger charge is -2.38. The van der Waals surface area contributed by atoms with Crippen molar-refractivity contribution in [2.24, 2.45) is 17.1 Å². The molecule has 1 aliphatic rings. The molecule has 1 aromatic heterocycles. The molecule has 1 heterocycles. The first-order valence-electron chi connectivity index (χ1n) is 8.50. The van der Waals surface area contributed by atoms with Crippen LogP contribution in [0.15, 0.2) is 36.5 Å². The monoisotopic (exact) mass is 337 g/mol. The number of carbonyl (C=O) groups excluding carboxylic acids is 1. The quantitative estimate of drug-likeness (QED) is 0.890. The Bertz CT molecular complexity index is 803. The summed E-state index contributed by atoms with van der Waals surface area (Å²) in [5.74, 6) is -0.217. The van der Waals surface area contributed by atoms with E-state index in [1.807, 2.05) is 30.3 Å². The number of nitrogens with zero attached hydrogens (tertiary/aromatic N) is 3. The van der Waals surface area contributed by atoms with Crippen LogP contribution in [-0.4, -0.2) is 15.7 Å². The highest BCUT2D eigenvalue weighted by Crippen LogP contribution is 2.44. The van der Waals surface area contributed by atoms with E-state index in [0.717, 1.165) is 24.9 Å². The van der Waals surface area contributed by atoms with Crippen LogP contribution in [0.4, 0.5) is 11.5 Å². The summed E-state index contributed by atoms with van der Waals surface area (Å²) in [7, 11) is 0. The van der Waals surface area contributed by atoms with E-state index in [1.54, 1.807) is 10.9 Å². The number of anilines is 2. The molecule has 0 unspecified atom stereocenters. The van der Waals surface area contributed by atoms with Gasteiger partial charge in [0.25, 0.3) is 5.91 Å². The minimum atomic E-state index is -0.534. The fraction of sp³-hybridized carbons (Fsp3) is 0.421. The molecule has 1 fully saturated rings. The summed E-state index contributed by atoms with van der Waals surface area (Å²) in [6, 6.07) is 11.9. The molecule has 0 bridgehead atoms. The Kier molecular flexibility index (Phi) is 4.49. The van der Waals surface area contributed by atoms with Crippen molar-refractivity contribution >= 4 is 17.4 Å². The fourth-order valence-electron chi connectivity index (χ4n) is 3.47. The average Bonchev–Trinajstić information content (AvgIpc) is 2.99. The maximum Gasteiger partial charge on any atom is 0.254 e. The highest BCUT2D eigenvalue weighted by atomic mass is 16.1. The maximum absolute atomic E-state index is 11.9. The molecule has 1 saturated carbocycles. The van der Waals surface area contributed by atoms with Crippen molar-refractivity contribution in [1.82, 2.24) is 9.78 Å². The van der Waals surface area contributed by atoms with Gasteiger partial charge in [0.1, 0.15) is 5.56 Å². The van der Waals surface area contributed by atoms with E-state index in [4.69, 9.17) is 5.73 Å². The van der Waals surface area contributed by atoms with Crippen LogP contribution in [0.25, 0.3) is 0 Å². The summed E-state index contributed by atoms with van der Waals surface area (Å²) in [5.41, 5.74) is 6.84. The molecule has 130 valence electrons. The predicted molar refractivity (Wildman–Crippen MR) is 96.2 cm³/mol. The number of carbonyl (C=O) groups is 1. The Morgan fingerprint density at radius 1 is 1.40 bits per heavy atom. The fourth-order valence-corrected chi connectivity index (χ4v) is 3.47. The molecule has 1 aromatic carbocycles. The van der Waals surface area contributed by atoms with Gasteiger partial charge in [-0.1, -0.05) is 32.0 Å². The van der Waals surface area contributed by atoms with Crippen LogP contribution in [0.5, 0.6) is 0 Å². The summed E-state index contributed by atoms with van der Waals surface area (Å²) >= 11 is 0. The Labute approximate surface area is 147 Å². The first kappa shape index (κ1) is 17.0. The zero-order valence-corrected chi connectivity index (χ0v) is 14.6. The number of nitrogens with two attached hydrogens (primary N) is 1. The Morgan fingerprint density at radius 2 is 2.12 bits per heavy atom. The van der Waals surface area contributed by atoms with Gasteiger partial charge in [-0.3, -0.25) is 9.48 Å². The molecule has 2 atom stereocenters. The van der Waals surface area contributed by atoms with Crippen molar-refractivity contribution in [2.75, 3.05) is 5.32 Å². The number of nitriles is 1. The largest absolute Gasteiger partial charge is 0.365 e. The summed E-state index contributed by atoms with van der Waals surface area (Å²) in [5, 5.41) is 17.2. The molecule has 6 nitrogen and oxygen atoms in total. The number of rotatable bonds is 4. The number of para-hydroxylation sites is 1. The van der Waals surface area contributed by atoms with Crippen LogP contribution in [-0.2, 0) is 0 Å². The van der Waals surface area contributed by atoms with Gasteiger partial charge in [-0.15, -0.1) is 0 Å². The van der Waals surface area contributed by atoms with Gasteiger partial charge in [0.15, 0.2) is 5.82 Å². The minimum Gasteiger partial charge on any atom is -0.365 e. The van der Waals surface area contributed by atoms with Gasteiger partial charge in [-0.25, -0.2) is 0 Å². The molecule has 1 amide bonds. The van der Waals surface area contributed by atoms with Gasteiger partial charge in [0.05, 0.1) is 18.0 Å². The van der Waals surface area contributed by atoms with Crippen LogP contribution in [0.1, 0.15) is 49.5 Å². The molecule has 3 rings (SSSR count). The predicted octanol–water partition coefficient (Wildman–Crippen LogP) is 3.62. The molecule has 1 aliphatic carbocycles. The summed E-state index contributed by atoms with van der Waals surface area (Å²) in [6.07, 6.45) is 4.36. The SMILES string of the molecule is CC1(C)CC[C@H](C#N)[C@@H](n2cc(C(N)=O)c(Nc3ccccc3)n2)C1. The maximum atomic E-state index is 11.9. The second kappa shape index (κ2) is 6.60. The summed E-state index contributed by atoms with van der Waals surface area (Å²) in [6.45, 7) is 4.41. The van der Waals surface area contributed by atoms with Crippen LogP contribution >= 0.6 is 0 Å². The number of nitrogens with one attached hydrogen (secondary N) is 1. The smallest absolute Gasteiger partial charge is 0.254 e. The van der Waals surface area contributed by atoms with Gasteiger partial charge in [-0.05, 0) is 36.8 Å². The standard InChI is InChI=1S/C19H23N5O/c1-19(2)9-8-13(11-20)16(10-19)24-12-15(17(21)25)18(23-24)22-14-6-4-3-5-7-14/h3-7,12-13,16H,8-10H2,1-2H3,(H2,21,25)(H,22,23)/t13-,16+/m1/s1. The zero-order valence-electron chi connectivity index (χ0n) is 14.6. The lowest BCUT2D eigenvalue weighted by Crippen LogP contribution is -2.31. The van der Waals surface area contributed by atoms with E-state index in [0.29, 0.717) is 11.4 Å². The van der Waals surface area contributed by atoms with Crippen molar-refractivity contribution in [3.05, 3.63) is 42.1 Å². The lowest BCUT2D eigenvalue weighted by atomic mass is 9.71. The van der Waals surface area contributed by atoms with Crippen molar-refractivity contribution in [3.63, 3.8) is 0 Å². The molecule has 3 N–H and O–H groups in total. The second-order valence-electron chi connectivity index (χ2n) is 7.44. The van der Waals surface area contributed by atoms with Gasteiger partial charge in [0, 0.05) is 11.9 Å². The van der Waals surface area contributed by atoms with Crippen molar-refractivity contribution in [3.8, 4) is 6.07 Å². The highest BCUT2D eigenvalue weighted by molar-refractivity contribution is 5.98. The normalized spacial score (nSPS) is 22.1. The van der Waals surface area contributed by atoms with E-state index < -0.39 is 5.91 Å². The van der Waals surface area contributed by atoms with Crippen LogP contribution < -0.4 is 11.1 Å². The third-order valence-electron chi connectivity index (χ3n) is 4.90. The number of hydrogen-bond acceptors (Lipinski definition) is 4. The number of benzene rings is 1. The number of amides is 1.